The van der Waals surface area contributed by atoms with Gasteiger partial charge in [-0.15, -0.1) is 0 Å². The number of benzene rings is 3. The molecule has 1 aliphatic heterocycles. The van der Waals surface area contributed by atoms with E-state index in [1.165, 1.54) is 32.1 Å². The summed E-state index contributed by atoms with van der Waals surface area (Å²) in [7, 11) is 0. The van der Waals surface area contributed by atoms with Crippen LogP contribution in [-0.2, 0) is 16.6 Å². The van der Waals surface area contributed by atoms with Gasteiger partial charge in [0.15, 0.2) is 11.5 Å². The van der Waals surface area contributed by atoms with Gasteiger partial charge in [0.1, 0.15) is 5.78 Å². The molecule has 3 aliphatic rings. The minimum atomic E-state index is -0.418. The lowest BCUT2D eigenvalue weighted by Gasteiger charge is -2.21. The van der Waals surface area contributed by atoms with Gasteiger partial charge in [0.05, 0.1) is 5.41 Å². The van der Waals surface area contributed by atoms with E-state index >= 15 is 0 Å². The number of carbonyl (C=O) groups excluding carboxylic acids is 2. The van der Waals surface area contributed by atoms with E-state index in [1.807, 2.05) is 42.5 Å². The number of amides is 1. The smallest absolute Gasteiger partial charge is 0.251 e. The van der Waals surface area contributed by atoms with Crippen LogP contribution in [0.15, 0.2) is 60.7 Å². The second-order valence-electron chi connectivity index (χ2n) is 11.2. The van der Waals surface area contributed by atoms with E-state index in [1.54, 1.807) is 0 Å². The molecule has 3 aromatic carbocycles. The van der Waals surface area contributed by atoms with Crippen LogP contribution >= 0.6 is 0 Å². The summed E-state index contributed by atoms with van der Waals surface area (Å²) in [6.45, 7) is 3.09. The molecular formula is C33H35NO4. The Hall–Kier alpha value is -3.60. The third-order valence-corrected chi connectivity index (χ3v) is 8.61. The number of ether oxygens (including phenoxy) is 2. The normalized spacial score (nSPS) is 17.7. The Balaban J connectivity index is 1.14. The molecule has 1 amide bonds. The number of aryl methyl sites for hydroxylation is 1. The molecule has 38 heavy (non-hydrogen) atoms. The summed E-state index contributed by atoms with van der Waals surface area (Å²) in [6.07, 6.45) is 8.44. The lowest BCUT2D eigenvalue weighted by Crippen LogP contribution is -2.30. The van der Waals surface area contributed by atoms with Crippen LogP contribution in [0.5, 0.6) is 11.5 Å². The highest BCUT2D eigenvalue weighted by atomic mass is 16.7. The summed E-state index contributed by atoms with van der Waals surface area (Å²) in [4.78, 5) is 26.2. The van der Waals surface area contributed by atoms with Crippen molar-refractivity contribution >= 4 is 11.7 Å². The minimum absolute atomic E-state index is 0.00329. The molecule has 1 N–H and O–H groups in total. The quantitative estimate of drug-likeness (QED) is 0.374. The largest absolute Gasteiger partial charge is 0.454 e. The molecule has 0 radical (unpaired) electrons. The average Bonchev–Trinajstić information content (AvgIpc) is 3.64. The lowest BCUT2D eigenvalue weighted by molar-refractivity contribution is -0.120. The van der Waals surface area contributed by atoms with Crippen molar-refractivity contribution < 1.29 is 19.1 Å². The molecule has 6 rings (SSSR count). The predicted molar refractivity (Wildman–Crippen MR) is 148 cm³/mol. The fourth-order valence-electron chi connectivity index (χ4n) is 6.02. The van der Waals surface area contributed by atoms with Crippen LogP contribution in [0.1, 0.15) is 72.0 Å². The Morgan fingerprint density at radius 3 is 2.42 bits per heavy atom. The van der Waals surface area contributed by atoms with E-state index in [0.717, 1.165) is 58.7 Å². The lowest BCUT2D eigenvalue weighted by atomic mass is 9.87. The number of hydrogen-bond donors (Lipinski definition) is 1. The summed E-state index contributed by atoms with van der Waals surface area (Å²) < 4.78 is 11.0. The minimum Gasteiger partial charge on any atom is -0.454 e. The molecule has 0 bridgehead atoms. The van der Waals surface area contributed by atoms with Crippen molar-refractivity contribution in [1.29, 1.82) is 0 Å². The molecule has 2 fully saturated rings. The highest BCUT2D eigenvalue weighted by Crippen LogP contribution is 2.51. The third kappa shape index (κ3) is 4.94. The molecule has 0 spiro atoms. The molecule has 1 heterocycles. The second-order valence-corrected chi connectivity index (χ2v) is 11.2. The first kappa shape index (κ1) is 24.7. The monoisotopic (exact) mass is 509 g/mol. The van der Waals surface area contributed by atoms with Crippen LogP contribution in [0, 0.1) is 12.8 Å². The van der Waals surface area contributed by atoms with Crippen LogP contribution in [-0.4, -0.2) is 25.0 Å². The zero-order chi connectivity index (χ0) is 26.1. The summed E-state index contributed by atoms with van der Waals surface area (Å²) >= 11 is 0. The molecule has 5 nitrogen and oxygen atoms in total. The molecule has 2 aliphatic carbocycles. The topological polar surface area (TPSA) is 64.6 Å². The van der Waals surface area contributed by atoms with Crippen molar-refractivity contribution in [3.63, 3.8) is 0 Å². The number of hydrogen-bond acceptors (Lipinski definition) is 4. The Kier molecular flexibility index (Phi) is 6.69. The van der Waals surface area contributed by atoms with Crippen LogP contribution in [0.2, 0.25) is 0 Å². The van der Waals surface area contributed by atoms with E-state index in [9.17, 15) is 9.59 Å². The Bertz CT molecular complexity index is 1350. The molecule has 2 saturated carbocycles. The van der Waals surface area contributed by atoms with E-state index in [4.69, 9.17) is 9.47 Å². The SMILES string of the molecule is Cc1ccc(CC(=O)C2(c3ccc4c(c3)OCO4)CC2)cc1-c1ccc(C(=O)NCC2CCCCC2)cc1. The van der Waals surface area contributed by atoms with Gasteiger partial charge in [-0.05, 0) is 90.6 Å². The molecule has 0 aromatic heterocycles. The first-order valence-electron chi connectivity index (χ1n) is 13.9. The van der Waals surface area contributed by atoms with Crippen molar-refractivity contribution in [2.45, 2.75) is 63.7 Å². The van der Waals surface area contributed by atoms with Gasteiger partial charge in [0.25, 0.3) is 5.91 Å². The molecule has 0 atom stereocenters. The molecule has 0 unspecified atom stereocenters. The van der Waals surface area contributed by atoms with E-state index in [2.05, 4.69) is 30.4 Å². The Morgan fingerprint density at radius 1 is 0.895 bits per heavy atom. The Labute approximate surface area is 224 Å². The number of carbonyl (C=O) groups is 2. The summed E-state index contributed by atoms with van der Waals surface area (Å²) in [6, 6.07) is 20.0. The van der Waals surface area contributed by atoms with Crippen molar-refractivity contribution in [2.75, 3.05) is 13.3 Å². The highest BCUT2D eigenvalue weighted by molar-refractivity contribution is 5.96. The number of Topliss-reactive ketones (excluding diaryl/α,β-unsaturated/α-hetero) is 1. The van der Waals surface area contributed by atoms with Crippen LogP contribution in [0.4, 0.5) is 0 Å². The third-order valence-electron chi connectivity index (χ3n) is 8.61. The standard InChI is InChI=1S/C33H35NO4/c1-22-7-8-24(18-31(35)33(15-16-33)27-13-14-29-30(19-27)38-21-37-29)17-28(22)25-9-11-26(12-10-25)32(36)34-20-23-5-3-2-4-6-23/h7-14,17,19,23H,2-6,15-16,18,20-21H2,1H3,(H,34,36). The van der Waals surface area contributed by atoms with Gasteiger partial charge in [0.2, 0.25) is 6.79 Å². The van der Waals surface area contributed by atoms with Crippen molar-refractivity contribution in [2.24, 2.45) is 5.92 Å². The first-order chi connectivity index (χ1) is 18.5. The molecule has 196 valence electrons. The summed E-state index contributed by atoms with van der Waals surface area (Å²) in [5.74, 6) is 2.32. The van der Waals surface area contributed by atoms with Gasteiger partial charge in [-0.2, -0.15) is 0 Å². The Morgan fingerprint density at radius 2 is 1.66 bits per heavy atom. The highest BCUT2D eigenvalue weighted by Gasteiger charge is 2.50. The summed E-state index contributed by atoms with van der Waals surface area (Å²) in [5, 5.41) is 3.13. The van der Waals surface area contributed by atoms with Crippen LogP contribution in [0.3, 0.4) is 0 Å². The van der Waals surface area contributed by atoms with Gasteiger partial charge in [-0.3, -0.25) is 9.59 Å². The fraction of sp³-hybridized carbons (Fsp3) is 0.394. The van der Waals surface area contributed by atoms with Gasteiger partial charge in [-0.25, -0.2) is 0 Å². The van der Waals surface area contributed by atoms with Crippen molar-refractivity contribution in [1.82, 2.24) is 5.32 Å². The zero-order valence-electron chi connectivity index (χ0n) is 22.1. The first-order valence-corrected chi connectivity index (χ1v) is 13.9. The van der Waals surface area contributed by atoms with E-state index < -0.39 is 5.41 Å². The fourth-order valence-corrected chi connectivity index (χ4v) is 6.02. The molecule has 0 saturated heterocycles. The predicted octanol–water partition coefficient (Wildman–Crippen LogP) is 6.54. The second kappa shape index (κ2) is 10.3. The maximum atomic E-state index is 13.5. The van der Waals surface area contributed by atoms with Gasteiger partial charge in [0, 0.05) is 18.5 Å². The van der Waals surface area contributed by atoms with Crippen LogP contribution < -0.4 is 14.8 Å². The number of fused-ring (bicyclic) bond motifs is 1. The summed E-state index contributed by atoms with van der Waals surface area (Å²) in [5.41, 5.74) is 5.60. The average molecular weight is 510 g/mol. The number of ketones is 1. The molecule has 3 aromatic rings. The van der Waals surface area contributed by atoms with Gasteiger partial charge in [-0.1, -0.05) is 55.7 Å². The van der Waals surface area contributed by atoms with E-state index in [-0.39, 0.29) is 18.5 Å². The van der Waals surface area contributed by atoms with Crippen molar-refractivity contribution in [3.8, 4) is 22.6 Å². The zero-order valence-corrected chi connectivity index (χ0v) is 22.1. The molecule has 5 heteroatoms. The number of nitrogens with one attached hydrogen (secondary N) is 1. The van der Waals surface area contributed by atoms with Gasteiger partial charge < -0.3 is 14.8 Å². The maximum absolute atomic E-state index is 13.5. The van der Waals surface area contributed by atoms with Crippen LogP contribution in [0.25, 0.3) is 11.1 Å². The van der Waals surface area contributed by atoms with Crippen molar-refractivity contribution in [3.05, 3.63) is 82.9 Å². The number of rotatable bonds is 8. The van der Waals surface area contributed by atoms with Gasteiger partial charge >= 0.3 is 0 Å². The maximum Gasteiger partial charge on any atom is 0.251 e. The van der Waals surface area contributed by atoms with E-state index in [0.29, 0.717) is 17.9 Å². The molecular weight excluding hydrogens is 474 g/mol.